The molecule has 0 rings (SSSR count). The first kappa shape index (κ1) is 13.0. The first-order valence-electron chi connectivity index (χ1n) is 5.41. The molecule has 0 spiro atoms. The van der Waals surface area contributed by atoms with E-state index in [1.165, 1.54) is 12.8 Å². The molecule has 0 aromatic heterocycles. The minimum atomic E-state index is 0.484. The van der Waals surface area contributed by atoms with Gasteiger partial charge in [-0.3, -0.25) is 0 Å². The van der Waals surface area contributed by atoms with Crippen LogP contribution in [0.15, 0.2) is 0 Å². The summed E-state index contributed by atoms with van der Waals surface area (Å²) in [5.74, 6) is 0.810. The van der Waals surface area contributed by atoms with Crippen LogP contribution in [0, 0.1) is 11.3 Å². The molecule has 1 heteroatoms. The van der Waals surface area contributed by atoms with Crippen molar-refractivity contribution in [2.75, 3.05) is 14.1 Å². The first-order chi connectivity index (χ1) is 5.74. The lowest BCUT2D eigenvalue weighted by Gasteiger charge is -2.32. The van der Waals surface area contributed by atoms with Crippen LogP contribution in [-0.4, -0.2) is 25.0 Å². The Morgan fingerprint density at radius 2 is 1.46 bits per heavy atom. The van der Waals surface area contributed by atoms with E-state index in [0.29, 0.717) is 11.5 Å². The van der Waals surface area contributed by atoms with Crippen LogP contribution in [0.4, 0.5) is 0 Å². The van der Waals surface area contributed by atoms with E-state index in [1.54, 1.807) is 0 Å². The van der Waals surface area contributed by atoms with Crippen LogP contribution in [0.3, 0.4) is 0 Å². The highest BCUT2D eigenvalue weighted by Crippen LogP contribution is 2.31. The lowest BCUT2D eigenvalue weighted by Crippen LogP contribution is -2.31. The van der Waals surface area contributed by atoms with Crippen LogP contribution >= 0.6 is 0 Å². The Morgan fingerprint density at radius 3 is 1.77 bits per heavy atom. The van der Waals surface area contributed by atoms with Crippen molar-refractivity contribution in [3.05, 3.63) is 0 Å². The van der Waals surface area contributed by atoms with Gasteiger partial charge in [0.25, 0.3) is 0 Å². The fourth-order valence-corrected chi connectivity index (χ4v) is 2.17. The summed E-state index contributed by atoms with van der Waals surface area (Å²) in [5, 5.41) is 0. The van der Waals surface area contributed by atoms with E-state index < -0.39 is 0 Å². The van der Waals surface area contributed by atoms with Gasteiger partial charge >= 0.3 is 0 Å². The molecule has 0 amide bonds. The van der Waals surface area contributed by atoms with Crippen molar-refractivity contribution in [3.8, 4) is 0 Å². The average Bonchev–Trinajstić information content (AvgIpc) is 1.81. The summed E-state index contributed by atoms with van der Waals surface area (Å²) >= 11 is 0. The van der Waals surface area contributed by atoms with Crippen LogP contribution in [0.2, 0.25) is 0 Å². The zero-order valence-electron chi connectivity index (χ0n) is 10.5. The SMILES string of the molecule is CC(C)CC(C)(C)CC(C)N(C)C. The second kappa shape index (κ2) is 4.99. The molecule has 0 fully saturated rings. The number of hydrogen-bond acceptors (Lipinski definition) is 1. The van der Waals surface area contributed by atoms with E-state index in [2.05, 4.69) is 53.6 Å². The molecule has 0 aliphatic rings. The molecule has 0 radical (unpaired) electrons. The molecule has 1 atom stereocenters. The summed E-state index contributed by atoms with van der Waals surface area (Å²) in [4.78, 5) is 2.31. The molecule has 0 heterocycles. The molecule has 13 heavy (non-hydrogen) atoms. The van der Waals surface area contributed by atoms with Gasteiger partial charge in [0.05, 0.1) is 0 Å². The summed E-state index contributed by atoms with van der Waals surface area (Å²) < 4.78 is 0. The fourth-order valence-electron chi connectivity index (χ4n) is 2.17. The van der Waals surface area contributed by atoms with Crippen molar-refractivity contribution < 1.29 is 0 Å². The summed E-state index contributed by atoms with van der Waals surface area (Å²) in [6.45, 7) is 11.7. The summed E-state index contributed by atoms with van der Waals surface area (Å²) in [7, 11) is 4.33. The lowest BCUT2D eigenvalue weighted by atomic mass is 9.79. The molecule has 0 saturated heterocycles. The van der Waals surface area contributed by atoms with Gasteiger partial charge in [0, 0.05) is 6.04 Å². The third-order valence-electron chi connectivity index (χ3n) is 2.69. The van der Waals surface area contributed by atoms with Crippen molar-refractivity contribution in [2.24, 2.45) is 11.3 Å². The zero-order chi connectivity index (χ0) is 10.6. The third kappa shape index (κ3) is 6.09. The van der Waals surface area contributed by atoms with Gasteiger partial charge in [0.15, 0.2) is 0 Å². The number of nitrogens with zero attached hydrogens (tertiary/aromatic N) is 1. The molecule has 0 N–H and O–H groups in total. The highest BCUT2D eigenvalue weighted by Gasteiger charge is 2.22. The van der Waals surface area contributed by atoms with Gasteiger partial charge in [-0.25, -0.2) is 0 Å². The minimum Gasteiger partial charge on any atom is -0.307 e. The van der Waals surface area contributed by atoms with E-state index in [1.807, 2.05) is 0 Å². The van der Waals surface area contributed by atoms with E-state index in [4.69, 9.17) is 0 Å². The van der Waals surface area contributed by atoms with Crippen LogP contribution in [-0.2, 0) is 0 Å². The highest BCUT2D eigenvalue weighted by molar-refractivity contribution is 4.75. The topological polar surface area (TPSA) is 3.24 Å². The molecular formula is C12H27N. The predicted octanol–water partition coefficient (Wildman–Crippen LogP) is 3.40. The summed E-state index contributed by atoms with van der Waals surface area (Å²) in [5.41, 5.74) is 0.484. The zero-order valence-corrected chi connectivity index (χ0v) is 10.5. The second-order valence-corrected chi connectivity index (χ2v) is 5.78. The Hall–Kier alpha value is -0.0400. The smallest absolute Gasteiger partial charge is 0.00659 e. The largest absolute Gasteiger partial charge is 0.307 e. The monoisotopic (exact) mass is 185 g/mol. The molecule has 1 unspecified atom stereocenters. The van der Waals surface area contributed by atoms with Gasteiger partial charge in [-0.05, 0) is 45.2 Å². The standard InChI is InChI=1S/C12H27N/c1-10(2)8-12(4,5)9-11(3)13(6)7/h10-11H,8-9H2,1-7H3. The molecule has 0 aromatic carbocycles. The molecule has 0 aliphatic heterocycles. The summed E-state index contributed by atoms with van der Waals surface area (Å²) in [6, 6.07) is 0.689. The van der Waals surface area contributed by atoms with Crippen LogP contribution in [0.25, 0.3) is 0 Å². The molecule has 0 aliphatic carbocycles. The van der Waals surface area contributed by atoms with Gasteiger partial charge in [0.2, 0.25) is 0 Å². The van der Waals surface area contributed by atoms with Gasteiger partial charge < -0.3 is 4.90 Å². The van der Waals surface area contributed by atoms with Gasteiger partial charge in [0.1, 0.15) is 0 Å². The Kier molecular flexibility index (Phi) is 4.98. The highest BCUT2D eigenvalue weighted by atomic mass is 15.1. The van der Waals surface area contributed by atoms with Crippen molar-refractivity contribution in [2.45, 2.75) is 53.5 Å². The van der Waals surface area contributed by atoms with E-state index in [0.717, 1.165) is 5.92 Å². The average molecular weight is 185 g/mol. The number of hydrogen-bond donors (Lipinski definition) is 0. The molecule has 80 valence electrons. The Labute approximate surface area is 84.5 Å². The summed E-state index contributed by atoms with van der Waals surface area (Å²) in [6.07, 6.45) is 2.61. The minimum absolute atomic E-state index is 0.484. The Bertz CT molecular complexity index is 136. The van der Waals surface area contributed by atoms with Gasteiger partial charge in [-0.15, -0.1) is 0 Å². The van der Waals surface area contributed by atoms with E-state index >= 15 is 0 Å². The van der Waals surface area contributed by atoms with Crippen molar-refractivity contribution in [1.29, 1.82) is 0 Å². The fraction of sp³-hybridized carbons (Fsp3) is 1.00. The Morgan fingerprint density at radius 1 is 1.00 bits per heavy atom. The van der Waals surface area contributed by atoms with Crippen LogP contribution in [0.5, 0.6) is 0 Å². The molecule has 1 nitrogen and oxygen atoms in total. The molecular weight excluding hydrogens is 158 g/mol. The van der Waals surface area contributed by atoms with Crippen molar-refractivity contribution in [3.63, 3.8) is 0 Å². The second-order valence-electron chi connectivity index (χ2n) is 5.78. The number of rotatable bonds is 5. The van der Waals surface area contributed by atoms with Crippen LogP contribution in [0.1, 0.15) is 47.5 Å². The van der Waals surface area contributed by atoms with Crippen LogP contribution < -0.4 is 0 Å². The quantitative estimate of drug-likeness (QED) is 0.634. The first-order valence-corrected chi connectivity index (χ1v) is 5.41. The Balaban J connectivity index is 4.00. The lowest BCUT2D eigenvalue weighted by molar-refractivity contribution is 0.183. The van der Waals surface area contributed by atoms with Gasteiger partial charge in [-0.1, -0.05) is 27.7 Å². The molecule has 0 saturated carbocycles. The normalized spacial score (nSPS) is 15.5. The van der Waals surface area contributed by atoms with Crippen molar-refractivity contribution >= 4 is 0 Å². The predicted molar refractivity (Wildman–Crippen MR) is 61.0 cm³/mol. The maximum absolute atomic E-state index is 2.38. The van der Waals surface area contributed by atoms with Gasteiger partial charge in [-0.2, -0.15) is 0 Å². The van der Waals surface area contributed by atoms with E-state index in [9.17, 15) is 0 Å². The third-order valence-corrected chi connectivity index (χ3v) is 2.69. The van der Waals surface area contributed by atoms with Crippen molar-refractivity contribution in [1.82, 2.24) is 4.90 Å². The molecule has 0 aromatic rings. The maximum Gasteiger partial charge on any atom is 0.00659 e. The maximum atomic E-state index is 2.38. The molecule has 0 bridgehead atoms. The van der Waals surface area contributed by atoms with E-state index in [-0.39, 0.29) is 0 Å².